The zero-order valence-corrected chi connectivity index (χ0v) is 21.2. The number of nitrogens with zero attached hydrogens (tertiary/aromatic N) is 3. The summed E-state index contributed by atoms with van der Waals surface area (Å²) in [5.41, 5.74) is 1.70. The molecule has 0 bridgehead atoms. The second-order valence-corrected chi connectivity index (χ2v) is 10.9. The van der Waals surface area contributed by atoms with E-state index in [2.05, 4.69) is 9.97 Å². The molecule has 2 aromatic heterocycles. The molecule has 2 amide bonds. The fourth-order valence-electron chi connectivity index (χ4n) is 4.32. The van der Waals surface area contributed by atoms with Crippen molar-refractivity contribution in [1.82, 2.24) is 19.8 Å². The number of aromatic amines is 1. The topological polar surface area (TPSA) is 113 Å². The van der Waals surface area contributed by atoms with Gasteiger partial charge < -0.3 is 14.6 Å². The number of hydrogen-bond donors (Lipinski definition) is 1. The number of piperazine rings is 1. The van der Waals surface area contributed by atoms with E-state index in [9.17, 15) is 18.0 Å². The number of aromatic nitrogens is 2. The Morgan fingerprint density at radius 1 is 1.05 bits per heavy atom. The van der Waals surface area contributed by atoms with Crippen LogP contribution in [0.1, 0.15) is 16.6 Å². The summed E-state index contributed by atoms with van der Waals surface area (Å²) in [6, 6.07) is 20.4. The number of halogens is 1. The molecule has 1 aliphatic heterocycles. The SMILES string of the molecule is O=C(OCc1ccccc1)N1CCN(C(c2cc3c(Cl)nccc3[nH]2)S(=O)(=O)c2ccccc2)C(=O)C1. The van der Waals surface area contributed by atoms with Gasteiger partial charge in [-0.05, 0) is 29.8 Å². The quantitative estimate of drug-likeness (QED) is 0.369. The molecule has 1 atom stereocenters. The van der Waals surface area contributed by atoms with Crippen LogP contribution in [-0.2, 0) is 26.0 Å². The van der Waals surface area contributed by atoms with Gasteiger partial charge in [-0.25, -0.2) is 18.2 Å². The largest absolute Gasteiger partial charge is 0.445 e. The molecular weight excluding hydrogens is 516 g/mol. The number of benzene rings is 2. The highest BCUT2D eigenvalue weighted by Gasteiger charge is 2.41. The summed E-state index contributed by atoms with van der Waals surface area (Å²) in [5.74, 6) is -0.518. The number of rotatable bonds is 6. The summed E-state index contributed by atoms with van der Waals surface area (Å²) in [4.78, 5) is 35.7. The number of hydrogen-bond acceptors (Lipinski definition) is 6. The van der Waals surface area contributed by atoms with Crippen LogP contribution < -0.4 is 0 Å². The van der Waals surface area contributed by atoms with E-state index in [0.29, 0.717) is 10.9 Å². The van der Waals surface area contributed by atoms with E-state index in [1.165, 1.54) is 28.1 Å². The fraction of sp³-hybridized carbons (Fsp3) is 0.192. The molecule has 1 fully saturated rings. The van der Waals surface area contributed by atoms with Crippen LogP contribution >= 0.6 is 11.6 Å². The lowest BCUT2D eigenvalue weighted by molar-refractivity contribution is -0.136. The van der Waals surface area contributed by atoms with Crippen molar-refractivity contribution in [3.63, 3.8) is 0 Å². The van der Waals surface area contributed by atoms with Crippen molar-refractivity contribution in [2.24, 2.45) is 0 Å². The molecule has 9 nitrogen and oxygen atoms in total. The average molecular weight is 539 g/mol. The highest BCUT2D eigenvalue weighted by Crippen LogP contribution is 2.35. The Balaban J connectivity index is 1.42. The van der Waals surface area contributed by atoms with Crippen molar-refractivity contribution < 1.29 is 22.7 Å². The smallest absolute Gasteiger partial charge is 0.410 e. The first-order chi connectivity index (χ1) is 17.8. The minimum Gasteiger partial charge on any atom is -0.445 e. The Morgan fingerprint density at radius 3 is 2.43 bits per heavy atom. The van der Waals surface area contributed by atoms with E-state index in [4.69, 9.17) is 16.3 Å². The van der Waals surface area contributed by atoms with Crippen LogP contribution in [0.3, 0.4) is 0 Å². The molecule has 190 valence electrons. The molecule has 37 heavy (non-hydrogen) atoms. The van der Waals surface area contributed by atoms with E-state index < -0.39 is 27.2 Å². The van der Waals surface area contributed by atoms with Gasteiger partial charge in [0.25, 0.3) is 0 Å². The standard InChI is InChI=1S/C26H23ClN4O5S/c27-24-20-15-22(29-21(20)11-12-28-24)25(37(34,35)19-9-5-2-6-10-19)31-14-13-30(16-23(31)32)26(33)36-17-18-7-3-1-4-8-18/h1-12,15,25,29H,13-14,16-17H2. The van der Waals surface area contributed by atoms with Crippen molar-refractivity contribution >= 4 is 44.3 Å². The Bertz CT molecular complexity index is 1540. The highest BCUT2D eigenvalue weighted by molar-refractivity contribution is 7.91. The molecule has 11 heteroatoms. The lowest BCUT2D eigenvalue weighted by Gasteiger charge is -2.37. The average Bonchev–Trinajstić information content (AvgIpc) is 3.34. The second kappa shape index (κ2) is 10.2. The second-order valence-electron chi connectivity index (χ2n) is 8.55. The maximum absolute atomic E-state index is 13.8. The van der Waals surface area contributed by atoms with Crippen LogP contribution in [0.2, 0.25) is 5.15 Å². The Kier molecular flexibility index (Phi) is 6.86. The number of carbonyl (C=O) groups excluding carboxylic acids is 2. The first kappa shape index (κ1) is 24.8. The number of nitrogens with one attached hydrogen (secondary N) is 1. The molecule has 0 aliphatic carbocycles. The van der Waals surface area contributed by atoms with Gasteiger partial charge in [-0.3, -0.25) is 9.69 Å². The van der Waals surface area contributed by atoms with Crippen LogP contribution in [0.25, 0.3) is 10.9 Å². The Morgan fingerprint density at radius 2 is 1.76 bits per heavy atom. The monoisotopic (exact) mass is 538 g/mol. The number of fused-ring (bicyclic) bond motifs is 1. The number of carbonyl (C=O) groups is 2. The van der Waals surface area contributed by atoms with Gasteiger partial charge >= 0.3 is 6.09 Å². The van der Waals surface area contributed by atoms with Gasteiger partial charge in [-0.1, -0.05) is 60.1 Å². The molecule has 1 N–H and O–H groups in total. The van der Waals surface area contributed by atoms with E-state index in [1.54, 1.807) is 30.3 Å². The Hall–Kier alpha value is -3.89. The van der Waals surface area contributed by atoms with Gasteiger partial charge in [0.05, 0.1) is 16.1 Å². The predicted molar refractivity (Wildman–Crippen MR) is 137 cm³/mol. The minimum absolute atomic E-state index is 0.00263. The molecule has 3 heterocycles. The van der Waals surface area contributed by atoms with Crippen LogP contribution in [0.4, 0.5) is 4.79 Å². The third kappa shape index (κ3) is 5.03. The zero-order chi connectivity index (χ0) is 26.0. The number of sulfone groups is 1. The molecule has 0 spiro atoms. The molecule has 1 saturated heterocycles. The number of H-pyrrole nitrogens is 1. The van der Waals surface area contributed by atoms with Crippen LogP contribution in [-0.4, -0.2) is 59.8 Å². The summed E-state index contributed by atoms with van der Waals surface area (Å²) in [5, 5.41) is -0.593. The normalized spacial score (nSPS) is 15.1. The predicted octanol–water partition coefficient (Wildman–Crippen LogP) is 4.17. The number of pyridine rings is 1. The van der Waals surface area contributed by atoms with Gasteiger partial charge in [0.2, 0.25) is 15.7 Å². The van der Waals surface area contributed by atoms with E-state index in [0.717, 1.165) is 5.56 Å². The van der Waals surface area contributed by atoms with E-state index in [-0.39, 0.29) is 42.0 Å². The lowest BCUT2D eigenvalue weighted by atomic mass is 10.2. The van der Waals surface area contributed by atoms with Crippen molar-refractivity contribution in [2.45, 2.75) is 16.9 Å². The highest BCUT2D eigenvalue weighted by atomic mass is 35.5. The minimum atomic E-state index is -4.06. The van der Waals surface area contributed by atoms with Gasteiger partial charge in [0.15, 0.2) is 5.37 Å². The molecule has 2 aromatic carbocycles. The van der Waals surface area contributed by atoms with Crippen molar-refractivity contribution in [2.75, 3.05) is 19.6 Å². The van der Waals surface area contributed by atoms with Crippen molar-refractivity contribution in [1.29, 1.82) is 0 Å². The third-order valence-corrected chi connectivity index (χ3v) is 8.48. The van der Waals surface area contributed by atoms with Gasteiger partial charge in [0, 0.05) is 24.7 Å². The first-order valence-electron chi connectivity index (χ1n) is 11.5. The number of amides is 2. The number of ether oxygens (including phenoxy) is 1. The molecule has 1 unspecified atom stereocenters. The third-order valence-electron chi connectivity index (χ3n) is 6.16. The molecule has 0 saturated carbocycles. The maximum atomic E-state index is 13.8. The summed E-state index contributed by atoms with van der Waals surface area (Å²) >= 11 is 6.23. The zero-order valence-electron chi connectivity index (χ0n) is 19.6. The summed E-state index contributed by atoms with van der Waals surface area (Å²) < 4.78 is 33.0. The van der Waals surface area contributed by atoms with Crippen LogP contribution in [0, 0.1) is 0 Å². The molecule has 5 rings (SSSR count). The van der Waals surface area contributed by atoms with Gasteiger partial charge in [-0.2, -0.15) is 0 Å². The van der Waals surface area contributed by atoms with Crippen LogP contribution in [0.5, 0.6) is 0 Å². The summed E-state index contributed by atoms with van der Waals surface area (Å²) in [6.07, 6.45) is 0.874. The van der Waals surface area contributed by atoms with E-state index >= 15 is 0 Å². The maximum Gasteiger partial charge on any atom is 0.410 e. The fourth-order valence-corrected chi connectivity index (χ4v) is 6.34. The van der Waals surface area contributed by atoms with E-state index in [1.807, 2.05) is 30.3 Å². The molecule has 0 radical (unpaired) electrons. The van der Waals surface area contributed by atoms with Gasteiger partial charge in [0.1, 0.15) is 18.3 Å². The van der Waals surface area contributed by atoms with Crippen molar-refractivity contribution in [3.8, 4) is 0 Å². The van der Waals surface area contributed by atoms with Gasteiger partial charge in [-0.15, -0.1) is 0 Å². The van der Waals surface area contributed by atoms with Crippen molar-refractivity contribution in [3.05, 3.63) is 95.4 Å². The molecule has 1 aliphatic rings. The summed E-state index contributed by atoms with van der Waals surface area (Å²) in [7, 11) is -4.06. The molecular formula is C26H23ClN4O5S. The lowest BCUT2D eigenvalue weighted by Crippen LogP contribution is -2.54. The van der Waals surface area contributed by atoms with Crippen LogP contribution in [0.15, 0.2) is 83.9 Å². The summed E-state index contributed by atoms with van der Waals surface area (Å²) in [6.45, 7) is -0.125. The molecule has 4 aromatic rings. The Labute approximate surface area is 218 Å². The first-order valence-corrected chi connectivity index (χ1v) is 13.4.